The molecule has 0 aliphatic heterocycles. The Bertz CT molecular complexity index is 28.7. The van der Waals surface area contributed by atoms with Crippen molar-refractivity contribution in [1.82, 2.24) is 0 Å². The average molecular weight is 105 g/mol. The second-order valence-electron chi connectivity index (χ2n) is 1.15. The Morgan fingerprint density at radius 3 is 2.33 bits per heavy atom. The van der Waals surface area contributed by atoms with Crippen molar-refractivity contribution in [3.63, 3.8) is 0 Å². The largest absolute Gasteiger partial charge is 0.617 e. The minimum absolute atomic E-state index is 0.621. The molecule has 0 aliphatic rings. The van der Waals surface area contributed by atoms with E-state index >= 15 is 0 Å². The molecule has 0 aromatic heterocycles. The van der Waals surface area contributed by atoms with E-state index < -0.39 is 11.2 Å². The van der Waals surface area contributed by atoms with Crippen LogP contribution < -0.4 is 0 Å². The van der Waals surface area contributed by atoms with E-state index in [1.807, 2.05) is 13.3 Å². The topological polar surface area (TPSA) is 23.1 Å². The fraction of sp³-hybridized carbons (Fsp3) is 0.750. The molecule has 0 N–H and O–H groups in total. The molecule has 0 unspecified atom stereocenters. The van der Waals surface area contributed by atoms with E-state index in [-0.39, 0.29) is 0 Å². The van der Waals surface area contributed by atoms with Crippen LogP contribution in [0.4, 0.5) is 0 Å². The lowest BCUT2D eigenvalue weighted by atomic mass is 10.6. The first-order valence-corrected chi connectivity index (χ1v) is 3.58. The monoisotopic (exact) mass is 105 g/mol. The maximum atomic E-state index is 10.1. The van der Waals surface area contributed by atoms with Crippen molar-refractivity contribution in [3.8, 4) is 0 Å². The van der Waals surface area contributed by atoms with Gasteiger partial charge in [0.2, 0.25) is 0 Å². The van der Waals surface area contributed by atoms with Crippen molar-refractivity contribution >= 4 is 11.2 Å². The van der Waals surface area contributed by atoms with Gasteiger partial charge in [0.25, 0.3) is 0 Å². The van der Waals surface area contributed by atoms with Crippen LogP contribution in [0, 0.1) is 6.42 Å². The van der Waals surface area contributed by atoms with Crippen molar-refractivity contribution < 1.29 is 4.55 Å². The third-order valence-electron chi connectivity index (χ3n) is 0.401. The van der Waals surface area contributed by atoms with Gasteiger partial charge in [0.1, 0.15) is 5.75 Å². The van der Waals surface area contributed by atoms with Gasteiger partial charge in [-0.3, -0.25) is 0 Å². The molecule has 0 aliphatic carbocycles. The van der Waals surface area contributed by atoms with Gasteiger partial charge >= 0.3 is 0 Å². The van der Waals surface area contributed by atoms with E-state index in [4.69, 9.17) is 0 Å². The molecule has 0 fully saturated rings. The fourth-order valence-corrected chi connectivity index (χ4v) is 0.704. The lowest BCUT2D eigenvalue weighted by Crippen LogP contribution is -2.00. The molecule has 0 saturated heterocycles. The molecule has 0 bridgehead atoms. The third kappa shape index (κ3) is 4.31. The lowest BCUT2D eigenvalue weighted by Gasteiger charge is -1.98. The smallest absolute Gasteiger partial charge is 0.108 e. The third-order valence-corrected chi connectivity index (χ3v) is 1.20. The van der Waals surface area contributed by atoms with Crippen LogP contribution in [-0.4, -0.2) is 16.6 Å². The molecule has 1 atom stereocenters. The van der Waals surface area contributed by atoms with Crippen molar-refractivity contribution in [2.45, 2.75) is 6.92 Å². The summed E-state index contributed by atoms with van der Waals surface area (Å²) >= 11 is -0.621. The Balaban J connectivity index is 2.63. The predicted molar refractivity (Wildman–Crippen MR) is 28.9 cm³/mol. The SMILES string of the molecule is C[CH]C[S@+](C)[O-]. The molecule has 0 amide bonds. The van der Waals surface area contributed by atoms with Crippen LogP contribution in [0.3, 0.4) is 0 Å². The van der Waals surface area contributed by atoms with E-state index in [1.54, 1.807) is 6.26 Å². The van der Waals surface area contributed by atoms with E-state index in [0.29, 0.717) is 0 Å². The normalized spacial score (nSPS) is 14.5. The zero-order valence-electron chi connectivity index (χ0n) is 4.10. The van der Waals surface area contributed by atoms with Gasteiger partial charge in [0.15, 0.2) is 0 Å². The van der Waals surface area contributed by atoms with Crippen molar-refractivity contribution in [2.24, 2.45) is 0 Å². The van der Waals surface area contributed by atoms with Crippen LogP contribution >= 0.6 is 0 Å². The fourth-order valence-electron chi connectivity index (χ4n) is 0.235. The summed E-state index contributed by atoms with van der Waals surface area (Å²) in [5.41, 5.74) is 0. The van der Waals surface area contributed by atoms with Gasteiger partial charge in [0, 0.05) is 6.42 Å². The van der Waals surface area contributed by atoms with Gasteiger partial charge in [0.05, 0.1) is 6.26 Å². The number of rotatable bonds is 2. The highest BCUT2D eigenvalue weighted by molar-refractivity contribution is 7.90. The second-order valence-corrected chi connectivity index (χ2v) is 2.63. The van der Waals surface area contributed by atoms with Crippen molar-refractivity contribution in [1.29, 1.82) is 0 Å². The Morgan fingerprint density at radius 1 is 1.83 bits per heavy atom. The summed E-state index contributed by atoms with van der Waals surface area (Å²) in [6, 6.07) is 0. The summed E-state index contributed by atoms with van der Waals surface area (Å²) < 4.78 is 10.1. The highest BCUT2D eigenvalue weighted by Gasteiger charge is 1.88. The van der Waals surface area contributed by atoms with E-state index in [1.165, 1.54) is 0 Å². The molecule has 0 aromatic carbocycles. The van der Waals surface area contributed by atoms with E-state index in [2.05, 4.69) is 0 Å². The molecule has 0 aromatic rings. The van der Waals surface area contributed by atoms with Crippen molar-refractivity contribution in [3.05, 3.63) is 6.42 Å². The first kappa shape index (κ1) is 6.31. The van der Waals surface area contributed by atoms with Gasteiger partial charge in [-0.05, 0) is 0 Å². The van der Waals surface area contributed by atoms with Gasteiger partial charge in [-0.2, -0.15) is 0 Å². The summed E-state index contributed by atoms with van der Waals surface area (Å²) in [6.07, 6.45) is 3.59. The van der Waals surface area contributed by atoms with Crippen LogP contribution in [0.2, 0.25) is 0 Å². The van der Waals surface area contributed by atoms with E-state index in [0.717, 1.165) is 5.75 Å². The zero-order valence-corrected chi connectivity index (χ0v) is 4.92. The molecule has 37 valence electrons. The number of hydrogen-bond acceptors (Lipinski definition) is 1. The van der Waals surface area contributed by atoms with Gasteiger partial charge < -0.3 is 4.55 Å². The molecule has 6 heavy (non-hydrogen) atoms. The van der Waals surface area contributed by atoms with Crippen LogP contribution in [0.25, 0.3) is 0 Å². The minimum atomic E-state index is -0.621. The molecule has 1 radical (unpaired) electrons. The summed E-state index contributed by atoms with van der Waals surface area (Å²) in [5.74, 6) is 0.722. The van der Waals surface area contributed by atoms with Crippen LogP contribution in [-0.2, 0) is 11.2 Å². The van der Waals surface area contributed by atoms with Gasteiger partial charge in [-0.1, -0.05) is 18.1 Å². The van der Waals surface area contributed by atoms with E-state index in [9.17, 15) is 4.55 Å². The predicted octanol–water partition coefficient (Wildman–Crippen LogP) is 0.589. The minimum Gasteiger partial charge on any atom is -0.617 e. The Kier molecular flexibility index (Phi) is 3.68. The van der Waals surface area contributed by atoms with Gasteiger partial charge in [-0.15, -0.1) is 0 Å². The summed E-state index contributed by atoms with van der Waals surface area (Å²) in [6.45, 7) is 1.90. The molecule has 0 saturated carbocycles. The molecule has 1 nitrogen and oxygen atoms in total. The standard InChI is InChI=1S/C4H9OS/c1-3-4-6(2)5/h3H,4H2,1-2H3/t6-/m0/s1. The lowest BCUT2D eigenvalue weighted by molar-refractivity contribution is 0.602. The Hall–Kier alpha value is 0.310. The average Bonchev–Trinajstić information content (AvgIpc) is 1.35. The van der Waals surface area contributed by atoms with Crippen LogP contribution in [0.1, 0.15) is 6.92 Å². The summed E-state index contributed by atoms with van der Waals surface area (Å²) in [5, 5.41) is 0. The van der Waals surface area contributed by atoms with Crippen molar-refractivity contribution in [2.75, 3.05) is 12.0 Å². The molecule has 0 rings (SSSR count). The summed E-state index contributed by atoms with van der Waals surface area (Å²) in [4.78, 5) is 0. The molecule has 0 spiro atoms. The first-order valence-electron chi connectivity index (χ1n) is 1.85. The highest BCUT2D eigenvalue weighted by Crippen LogP contribution is 1.82. The quantitative estimate of drug-likeness (QED) is 0.471. The first-order chi connectivity index (χ1) is 2.77. The van der Waals surface area contributed by atoms with Crippen LogP contribution in [0.15, 0.2) is 0 Å². The Morgan fingerprint density at radius 2 is 2.33 bits per heavy atom. The summed E-state index contributed by atoms with van der Waals surface area (Å²) in [7, 11) is 0. The van der Waals surface area contributed by atoms with Gasteiger partial charge in [-0.25, -0.2) is 0 Å². The second kappa shape index (κ2) is 3.50. The molecule has 2 heteroatoms. The Labute approximate surface area is 41.9 Å². The maximum absolute atomic E-state index is 10.1. The maximum Gasteiger partial charge on any atom is 0.108 e. The zero-order chi connectivity index (χ0) is 4.99. The van der Waals surface area contributed by atoms with Crippen LogP contribution in [0.5, 0.6) is 0 Å². The molecular formula is C4H9OS. The molecular weight excluding hydrogens is 96.1 g/mol. The number of hydrogen-bond donors (Lipinski definition) is 0. The highest BCUT2D eigenvalue weighted by atomic mass is 32.2. The molecule has 0 heterocycles.